The van der Waals surface area contributed by atoms with E-state index >= 15 is 0 Å². The second kappa shape index (κ2) is 8.60. The zero-order valence-corrected chi connectivity index (χ0v) is 16.7. The molecule has 30 heavy (non-hydrogen) atoms. The third-order valence-electron chi connectivity index (χ3n) is 4.47. The van der Waals surface area contributed by atoms with E-state index in [9.17, 15) is 4.79 Å². The molecule has 0 aliphatic carbocycles. The summed E-state index contributed by atoms with van der Waals surface area (Å²) in [7, 11) is 0. The Morgan fingerprint density at radius 1 is 1.13 bits per heavy atom. The van der Waals surface area contributed by atoms with E-state index in [1.807, 2.05) is 74.6 Å². The molecule has 0 atom stereocenters. The normalized spacial score (nSPS) is 10.7. The lowest BCUT2D eigenvalue weighted by Gasteiger charge is -2.05. The number of nitrogens with zero attached hydrogens (tertiary/aromatic N) is 4. The predicted octanol–water partition coefficient (Wildman–Crippen LogP) is 3.56. The number of carbonyl (C=O) groups is 1. The first-order valence-electron chi connectivity index (χ1n) is 9.59. The highest BCUT2D eigenvalue weighted by Crippen LogP contribution is 2.21. The van der Waals surface area contributed by atoms with Crippen molar-refractivity contribution in [2.75, 3.05) is 6.61 Å². The van der Waals surface area contributed by atoms with Crippen LogP contribution in [-0.2, 0) is 6.54 Å². The van der Waals surface area contributed by atoms with Gasteiger partial charge >= 0.3 is 11.8 Å². The average molecular weight is 403 g/mol. The van der Waals surface area contributed by atoms with Crippen LogP contribution in [-0.4, -0.2) is 32.4 Å². The summed E-state index contributed by atoms with van der Waals surface area (Å²) >= 11 is 0. The highest BCUT2D eigenvalue weighted by atomic mass is 16.5. The molecule has 2 heterocycles. The summed E-state index contributed by atoms with van der Waals surface area (Å²) in [5.74, 6) is 0.583. The third kappa shape index (κ3) is 4.22. The summed E-state index contributed by atoms with van der Waals surface area (Å²) in [6.45, 7) is 4.74. The van der Waals surface area contributed by atoms with Crippen molar-refractivity contribution in [3.8, 4) is 22.8 Å². The van der Waals surface area contributed by atoms with Gasteiger partial charge in [0.25, 0.3) is 0 Å². The van der Waals surface area contributed by atoms with Gasteiger partial charge in [-0.05, 0) is 43.7 Å². The molecule has 0 fully saturated rings. The first kappa shape index (κ1) is 19.4. The average Bonchev–Trinajstić information content (AvgIpc) is 3.41. The number of hydrogen-bond donors (Lipinski definition) is 1. The molecule has 0 aliphatic rings. The standard InChI is InChI=1S/C22H21N5O3/c1-3-29-18-11-9-16(10-12-18)13-23-21(28)22-24-20(26-30-22)19-14-27(25-15(19)2)17-7-5-4-6-8-17/h4-12,14H,3,13H2,1-2H3,(H,23,28). The summed E-state index contributed by atoms with van der Waals surface area (Å²) in [5, 5.41) is 11.2. The largest absolute Gasteiger partial charge is 0.494 e. The van der Waals surface area contributed by atoms with Crippen LogP contribution in [0.3, 0.4) is 0 Å². The number of amides is 1. The zero-order chi connectivity index (χ0) is 20.9. The maximum atomic E-state index is 12.4. The lowest BCUT2D eigenvalue weighted by Crippen LogP contribution is -2.23. The summed E-state index contributed by atoms with van der Waals surface area (Å²) in [6.07, 6.45) is 1.82. The van der Waals surface area contributed by atoms with Crippen molar-refractivity contribution in [1.82, 2.24) is 25.2 Å². The van der Waals surface area contributed by atoms with Gasteiger partial charge in [-0.3, -0.25) is 4.79 Å². The number of carbonyl (C=O) groups excluding carboxylic acids is 1. The summed E-state index contributed by atoms with van der Waals surface area (Å²) in [5.41, 5.74) is 3.30. The molecule has 0 aliphatic heterocycles. The van der Waals surface area contributed by atoms with Gasteiger partial charge in [0.15, 0.2) is 0 Å². The molecule has 0 bridgehead atoms. The van der Waals surface area contributed by atoms with Crippen LogP contribution in [0.2, 0.25) is 0 Å². The quantitative estimate of drug-likeness (QED) is 0.507. The Labute approximate surface area is 173 Å². The van der Waals surface area contributed by atoms with Crippen molar-refractivity contribution in [2.45, 2.75) is 20.4 Å². The molecule has 4 rings (SSSR count). The molecule has 2 aromatic carbocycles. The fraction of sp³-hybridized carbons (Fsp3) is 0.182. The molecule has 8 heteroatoms. The number of benzene rings is 2. The fourth-order valence-corrected chi connectivity index (χ4v) is 2.95. The molecule has 1 amide bonds. The van der Waals surface area contributed by atoms with Crippen LogP contribution < -0.4 is 10.1 Å². The van der Waals surface area contributed by atoms with Crippen LogP contribution in [0.5, 0.6) is 5.75 Å². The van der Waals surface area contributed by atoms with Crippen LogP contribution in [0.1, 0.15) is 28.9 Å². The van der Waals surface area contributed by atoms with Crippen molar-refractivity contribution in [1.29, 1.82) is 0 Å². The Balaban J connectivity index is 1.43. The number of ether oxygens (including phenoxy) is 1. The van der Waals surface area contributed by atoms with Gasteiger partial charge in [-0.2, -0.15) is 10.1 Å². The number of rotatable bonds is 7. The van der Waals surface area contributed by atoms with Crippen LogP contribution in [0.4, 0.5) is 0 Å². The second-order valence-corrected chi connectivity index (χ2v) is 6.59. The molecule has 8 nitrogen and oxygen atoms in total. The van der Waals surface area contributed by atoms with Gasteiger partial charge in [0.2, 0.25) is 5.82 Å². The summed E-state index contributed by atoms with van der Waals surface area (Å²) < 4.78 is 12.3. The number of aromatic nitrogens is 4. The molecule has 0 saturated heterocycles. The molecule has 2 aromatic heterocycles. The minimum atomic E-state index is -0.435. The van der Waals surface area contributed by atoms with Crippen LogP contribution >= 0.6 is 0 Å². The lowest BCUT2D eigenvalue weighted by atomic mass is 10.2. The number of nitrogens with one attached hydrogen (secondary N) is 1. The lowest BCUT2D eigenvalue weighted by molar-refractivity contribution is 0.0907. The van der Waals surface area contributed by atoms with Crippen molar-refractivity contribution in [3.05, 3.63) is 77.9 Å². The fourth-order valence-electron chi connectivity index (χ4n) is 2.95. The molecule has 0 spiro atoms. The number of hydrogen-bond acceptors (Lipinski definition) is 6. The highest BCUT2D eigenvalue weighted by molar-refractivity contribution is 5.89. The predicted molar refractivity (Wildman–Crippen MR) is 110 cm³/mol. The van der Waals surface area contributed by atoms with Crippen molar-refractivity contribution in [3.63, 3.8) is 0 Å². The van der Waals surface area contributed by atoms with E-state index < -0.39 is 5.91 Å². The van der Waals surface area contributed by atoms with Crippen molar-refractivity contribution in [2.24, 2.45) is 0 Å². The zero-order valence-electron chi connectivity index (χ0n) is 16.7. The van der Waals surface area contributed by atoms with Crippen LogP contribution in [0.25, 0.3) is 17.1 Å². The van der Waals surface area contributed by atoms with E-state index in [4.69, 9.17) is 9.26 Å². The highest BCUT2D eigenvalue weighted by Gasteiger charge is 2.19. The number of aryl methyl sites for hydroxylation is 1. The second-order valence-electron chi connectivity index (χ2n) is 6.59. The van der Waals surface area contributed by atoms with Gasteiger partial charge in [-0.1, -0.05) is 35.5 Å². The molecular weight excluding hydrogens is 382 g/mol. The van der Waals surface area contributed by atoms with Gasteiger partial charge in [-0.15, -0.1) is 0 Å². The third-order valence-corrected chi connectivity index (χ3v) is 4.47. The van der Waals surface area contributed by atoms with E-state index in [1.54, 1.807) is 4.68 Å². The molecular formula is C22H21N5O3. The van der Waals surface area contributed by atoms with Gasteiger partial charge in [0.05, 0.1) is 23.6 Å². The van der Waals surface area contributed by atoms with E-state index in [1.165, 1.54) is 0 Å². The maximum Gasteiger partial charge on any atom is 0.316 e. The van der Waals surface area contributed by atoms with Crippen molar-refractivity contribution < 1.29 is 14.1 Å². The van der Waals surface area contributed by atoms with Gasteiger partial charge < -0.3 is 14.6 Å². The maximum absolute atomic E-state index is 12.4. The van der Waals surface area contributed by atoms with E-state index in [0.29, 0.717) is 24.5 Å². The Morgan fingerprint density at radius 2 is 1.90 bits per heavy atom. The Hall–Kier alpha value is -3.94. The van der Waals surface area contributed by atoms with Gasteiger partial charge in [-0.25, -0.2) is 4.68 Å². The first-order valence-corrected chi connectivity index (χ1v) is 9.59. The van der Waals surface area contributed by atoms with Crippen molar-refractivity contribution >= 4 is 5.91 Å². The summed E-state index contributed by atoms with van der Waals surface area (Å²) in [6, 6.07) is 17.2. The van der Waals surface area contributed by atoms with E-state index in [2.05, 4.69) is 20.6 Å². The van der Waals surface area contributed by atoms with Gasteiger partial charge in [0, 0.05) is 12.7 Å². The smallest absolute Gasteiger partial charge is 0.316 e. The Bertz CT molecular complexity index is 1130. The molecule has 1 N–H and O–H groups in total. The minimum absolute atomic E-state index is 0.0946. The minimum Gasteiger partial charge on any atom is -0.494 e. The molecule has 4 aromatic rings. The van der Waals surface area contributed by atoms with Crippen LogP contribution in [0.15, 0.2) is 65.3 Å². The number of para-hydroxylation sites is 1. The Morgan fingerprint density at radius 3 is 2.63 bits per heavy atom. The molecule has 0 radical (unpaired) electrons. The Kier molecular flexibility index (Phi) is 5.56. The first-order chi connectivity index (χ1) is 14.6. The van der Waals surface area contributed by atoms with E-state index in [-0.39, 0.29) is 5.89 Å². The van der Waals surface area contributed by atoms with Gasteiger partial charge in [0.1, 0.15) is 5.75 Å². The molecule has 0 unspecified atom stereocenters. The molecule has 0 saturated carbocycles. The van der Waals surface area contributed by atoms with E-state index in [0.717, 1.165) is 22.7 Å². The molecule has 152 valence electrons. The SMILES string of the molecule is CCOc1ccc(CNC(=O)c2nc(-c3cn(-c4ccccc4)nc3C)no2)cc1. The van der Waals surface area contributed by atoms with Crippen LogP contribution in [0, 0.1) is 6.92 Å². The monoisotopic (exact) mass is 403 g/mol. The summed E-state index contributed by atoms with van der Waals surface area (Å²) in [4.78, 5) is 16.6. The topological polar surface area (TPSA) is 95.1 Å².